The van der Waals surface area contributed by atoms with Crippen molar-refractivity contribution in [3.8, 4) is 5.75 Å². The average Bonchev–Trinajstić information content (AvgIpc) is 2.31. The second-order valence-electron chi connectivity index (χ2n) is 4.32. The number of hydrogen-bond donors (Lipinski definition) is 1. The van der Waals surface area contributed by atoms with Gasteiger partial charge >= 0.3 is 0 Å². The van der Waals surface area contributed by atoms with E-state index in [2.05, 4.69) is 44.3 Å². The minimum absolute atomic E-state index is 0.604. The molecule has 90 valence electrons. The van der Waals surface area contributed by atoms with Crippen molar-refractivity contribution in [3.63, 3.8) is 0 Å². The minimum Gasteiger partial charge on any atom is -0.496 e. The highest BCUT2D eigenvalue weighted by Gasteiger charge is 2.01. The first kappa shape index (κ1) is 13.0. The van der Waals surface area contributed by atoms with E-state index >= 15 is 0 Å². The van der Waals surface area contributed by atoms with Gasteiger partial charge in [-0.15, -0.1) is 0 Å². The van der Waals surface area contributed by atoms with Gasteiger partial charge < -0.3 is 10.1 Å². The van der Waals surface area contributed by atoms with Crippen LogP contribution in [0.25, 0.3) is 0 Å². The van der Waals surface area contributed by atoms with Crippen molar-refractivity contribution in [2.24, 2.45) is 0 Å². The van der Waals surface area contributed by atoms with Crippen molar-refractivity contribution in [1.82, 2.24) is 5.32 Å². The summed E-state index contributed by atoms with van der Waals surface area (Å²) in [6.45, 7) is 7.52. The first-order chi connectivity index (χ1) is 7.67. The lowest BCUT2D eigenvalue weighted by atomic mass is 10.1. The van der Waals surface area contributed by atoms with Gasteiger partial charge in [0.25, 0.3) is 0 Å². The fourth-order valence-electron chi connectivity index (χ4n) is 1.63. The zero-order valence-corrected chi connectivity index (χ0v) is 10.8. The van der Waals surface area contributed by atoms with Crippen LogP contribution in [0.5, 0.6) is 5.75 Å². The lowest BCUT2D eigenvalue weighted by molar-refractivity contribution is 0.411. The van der Waals surface area contributed by atoms with Crippen LogP contribution in [-0.4, -0.2) is 19.7 Å². The van der Waals surface area contributed by atoms with Crippen LogP contribution < -0.4 is 10.1 Å². The minimum atomic E-state index is 0.604. The smallest absolute Gasteiger partial charge is 0.122 e. The lowest BCUT2D eigenvalue weighted by Gasteiger charge is -2.12. The van der Waals surface area contributed by atoms with Gasteiger partial charge in [-0.3, -0.25) is 0 Å². The quantitative estimate of drug-likeness (QED) is 0.797. The van der Waals surface area contributed by atoms with Gasteiger partial charge in [0, 0.05) is 6.04 Å². The van der Waals surface area contributed by atoms with Gasteiger partial charge in [-0.05, 0) is 50.4 Å². The molecule has 0 saturated heterocycles. The Morgan fingerprint density at radius 1 is 1.38 bits per heavy atom. The Bertz CT molecular complexity index is 323. The first-order valence-electron chi connectivity index (χ1n) is 6.04. The standard InChI is InChI=1S/C14H23NO/c1-5-12(3)15-9-8-13-7-6-11(2)14(10-13)16-4/h6-7,10,12,15H,5,8-9H2,1-4H3. The van der Waals surface area contributed by atoms with E-state index in [0.717, 1.165) is 18.7 Å². The molecule has 0 spiro atoms. The molecule has 1 atom stereocenters. The lowest BCUT2D eigenvalue weighted by Crippen LogP contribution is -2.27. The first-order valence-corrected chi connectivity index (χ1v) is 6.04. The summed E-state index contributed by atoms with van der Waals surface area (Å²) in [7, 11) is 1.73. The Hall–Kier alpha value is -1.02. The van der Waals surface area contributed by atoms with Crippen molar-refractivity contribution in [2.45, 2.75) is 39.7 Å². The maximum Gasteiger partial charge on any atom is 0.122 e. The summed E-state index contributed by atoms with van der Waals surface area (Å²) in [5.74, 6) is 0.987. The van der Waals surface area contributed by atoms with E-state index in [1.807, 2.05) is 0 Å². The van der Waals surface area contributed by atoms with Crippen LogP contribution in [0.3, 0.4) is 0 Å². The zero-order valence-electron chi connectivity index (χ0n) is 10.8. The van der Waals surface area contributed by atoms with Crippen molar-refractivity contribution < 1.29 is 4.74 Å². The summed E-state index contributed by atoms with van der Waals surface area (Å²) in [6.07, 6.45) is 2.23. The third-order valence-electron chi connectivity index (χ3n) is 2.99. The molecule has 16 heavy (non-hydrogen) atoms. The Morgan fingerprint density at radius 2 is 2.12 bits per heavy atom. The summed E-state index contributed by atoms with van der Waals surface area (Å²) < 4.78 is 5.31. The van der Waals surface area contributed by atoms with E-state index in [4.69, 9.17) is 4.74 Å². The Balaban J connectivity index is 2.48. The van der Waals surface area contributed by atoms with E-state index in [-0.39, 0.29) is 0 Å². The molecule has 0 amide bonds. The van der Waals surface area contributed by atoms with Gasteiger partial charge in [0.1, 0.15) is 5.75 Å². The molecule has 1 rings (SSSR count). The van der Waals surface area contributed by atoms with Crippen LogP contribution in [0.15, 0.2) is 18.2 Å². The van der Waals surface area contributed by atoms with Gasteiger partial charge in [-0.1, -0.05) is 19.1 Å². The Labute approximate surface area is 99.0 Å². The van der Waals surface area contributed by atoms with Crippen molar-refractivity contribution in [3.05, 3.63) is 29.3 Å². The van der Waals surface area contributed by atoms with Gasteiger partial charge in [-0.25, -0.2) is 0 Å². The van der Waals surface area contributed by atoms with Crippen molar-refractivity contribution >= 4 is 0 Å². The Morgan fingerprint density at radius 3 is 2.75 bits per heavy atom. The van der Waals surface area contributed by atoms with Gasteiger partial charge in [0.2, 0.25) is 0 Å². The zero-order chi connectivity index (χ0) is 12.0. The molecule has 0 radical (unpaired) electrons. The van der Waals surface area contributed by atoms with Crippen LogP contribution >= 0.6 is 0 Å². The monoisotopic (exact) mass is 221 g/mol. The van der Waals surface area contributed by atoms with Crippen molar-refractivity contribution in [1.29, 1.82) is 0 Å². The number of methoxy groups -OCH3 is 1. The highest BCUT2D eigenvalue weighted by atomic mass is 16.5. The SMILES string of the molecule is CCC(C)NCCc1ccc(C)c(OC)c1. The molecule has 0 aromatic heterocycles. The molecule has 0 saturated carbocycles. The molecule has 1 N–H and O–H groups in total. The van der Waals surface area contributed by atoms with E-state index in [1.165, 1.54) is 17.5 Å². The average molecular weight is 221 g/mol. The maximum absolute atomic E-state index is 5.31. The molecule has 1 aromatic rings. The van der Waals surface area contributed by atoms with E-state index in [9.17, 15) is 0 Å². The summed E-state index contributed by atoms with van der Waals surface area (Å²) in [6, 6.07) is 7.04. The number of hydrogen-bond acceptors (Lipinski definition) is 2. The highest BCUT2D eigenvalue weighted by Crippen LogP contribution is 2.18. The van der Waals surface area contributed by atoms with Gasteiger partial charge in [0.15, 0.2) is 0 Å². The van der Waals surface area contributed by atoms with Crippen LogP contribution in [0.4, 0.5) is 0 Å². The maximum atomic E-state index is 5.31. The number of rotatable bonds is 6. The molecular weight excluding hydrogens is 198 g/mol. The van der Waals surface area contributed by atoms with Crippen LogP contribution in [0, 0.1) is 6.92 Å². The summed E-state index contributed by atoms with van der Waals surface area (Å²) in [5, 5.41) is 3.49. The molecule has 1 unspecified atom stereocenters. The van der Waals surface area contributed by atoms with Crippen molar-refractivity contribution in [2.75, 3.05) is 13.7 Å². The Kier molecular flexibility index (Phi) is 5.33. The third kappa shape index (κ3) is 3.86. The molecule has 0 aliphatic carbocycles. The van der Waals surface area contributed by atoms with Gasteiger partial charge in [-0.2, -0.15) is 0 Å². The number of ether oxygens (including phenoxy) is 1. The predicted octanol–water partition coefficient (Wildman–Crippen LogP) is 2.93. The molecule has 2 nitrogen and oxygen atoms in total. The molecule has 0 bridgehead atoms. The summed E-state index contributed by atoms with van der Waals surface area (Å²) in [5.41, 5.74) is 2.53. The molecule has 0 fully saturated rings. The largest absolute Gasteiger partial charge is 0.496 e. The number of benzene rings is 1. The molecule has 0 aliphatic heterocycles. The van der Waals surface area contributed by atoms with E-state index < -0.39 is 0 Å². The summed E-state index contributed by atoms with van der Waals surface area (Å²) >= 11 is 0. The molecular formula is C14H23NO. The normalized spacial score (nSPS) is 12.5. The van der Waals surface area contributed by atoms with E-state index in [0.29, 0.717) is 6.04 Å². The number of nitrogens with one attached hydrogen (secondary N) is 1. The topological polar surface area (TPSA) is 21.3 Å². The third-order valence-corrected chi connectivity index (χ3v) is 2.99. The highest BCUT2D eigenvalue weighted by molar-refractivity contribution is 5.36. The van der Waals surface area contributed by atoms with Crippen LogP contribution in [0.2, 0.25) is 0 Å². The van der Waals surface area contributed by atoms with E-state index in [1.54, 1.807) is 7.11 Å². The molecule has 2 heteroatoms. The fraction of sp³-hybridized carbons (Fsp3) is 0.571. The predicted molar refractivity (Wildman–Crippen MR) is 69.2 cm³/mol. The van der Waals surface area contributed by atoms with Crippen LogP contribution in [-0.2, 0) is 6.42 Å². The second-order valence-corrected chi connectivity index (χ2v) is 4.32. The summed E-state index contributed by atoms with van der Waals surface area (Å²) in [4.78, 5) is 0. The fourth-order valence-corrected chi connectivity index (χ4v) is 1.63. The van der Waals surface area contributed by atoms with Gasteiger partial charge in [0.05, 0.1) is 7.11 Å². The molecule has 0 aliphatic rings. The molecule has 0 heterocycles. The second kappa shape index (κ2) is 6.54. The number of aryl methyl sites for hydroxylation is 1. The molecule has 1 aromatic carbocycles. The van der Waals surface area contributed by atoms with Crippen LogP contribution in [0.1, 0.15) is 31.4 Å².